The van der Waals surface area contributed by atoms with Crippen LogP contribution in [0.25, 0.3) is 0 Å². The summed E-state index contributed by atoms with van der Waals surface area (Å²) in [7, 11) is -2.56. The van der Waals surface area contributed by atoms with Gasteiger partial charge in [-0.05, 0) is 29.7 Å². The van der Waals surface area contributed by atoms with Crippen molar-refractivity contribution in [3.8, 4) is 0 Å². The van der Waals surface area contributed by atoms with Crippen LogP contribution in [0, 0.1) is 0 Å². The van der Waals surface area contributed by atoms with Gasteiger partial charge in [-0.1, -0.05) is 78.9 Å². The predicted octanol–water partition coefficient (Wildman–Crippen LogP) is 3.05. The maximum atomic E-state index is 13.2. The number of nitrogens with one attached hydrogen (secondary N) is 2. The molecule has 2 amide bonds. The number of benzene rings is 3. The van der Waals surface area contributed by atoms with Crippen molar-refractivity contribution in [3.63, 3.8) is 0 Å². The number of hydrogen-bond acceptors (Lipinski definition) is 7. The molecule has 3 rings (SSSR count). The number of methoxy groups -OCH3 is 1. The number of carbonyl (C=O) groups is 3. The van der Waals surface area contributed by atoms with Gasteiger partial charge < -0.3 is 20.1 Å². The van der Waals surface area contributed by atoms with Gasteiger partial charge in [-0.15, -0.1) is 0 Å². The lowest BCUT2D eigenvalue weighted by molar-refractivity contribution is -0.145. The number of hydrogen-bond donors (Lipinski definition) is 2. The largest absolute Gasteiger partial charge is 0.467 e. The molecule has 0 aromatic heterocycles. The van der Waals surface area contributed by atoms with E-state index in [-0.39, 0.29) is 24.3 Å². The molecule has 0 aliphatic rings. The van der Waals surface area contributed by atoms with E-state index in [9.17, 15) is 22.8 Å². The molecular formula is C28H30N2O7S. The van der Waals surface area contributed by atoms with Gasteiger partial charge in [0.2, 0.25) is 5.91 Å². The zero-order chi connectivity index (χ0) is 27.4. The molecule has 10 heteroatoms. The van der Waals surface area contributed by atoms with Crippen molar-refractivity contribution in [1.29, 1.82) is 0 Å². The number of ether oxygens (including phenoxy) is 2. The van der Waals surface area contributed by atoms with E-state index in [0.29, 0.717) is 0 Å². The quantitative estimate of drug-likeness (QED) is 0.339. The molecule has 3 aromatic rings. The minimum absolute atomic E-state index is 0.00841. The highest BCUT2D eigenvalue weighted by Gasteiger charge is 2.29. The maximum Gasteiger partial charge on any atom is 0.408 e. The summed E-state index contributed by atoms with van der Waals surface area (Å²) in [5.41, 5.74) is 1.54. The van der Waals surface area contributed by atoms with E-state index in [1.54, 1.807) is 54.6 Å². The van der Waals surface area contributed by atoms with E-state index in [2.05, 4.69) is 10.6 Å². The first-order chi connectivity index (χ1) is 18.3. The predicted molar refractivity (Wildman–Crippen MR) is 141 cm³/mol. The molecule has 3 aromatic carbocycles. The number of sulfone groups is 1. The first-order valence-electron chi connectivity index (χ1n) is 12.0. The van der Waals surface area contributed by atoms with E-state index in [1.165, 1.54) is 12.1 Å². The van der Waals surface area contributed by atoms with Gasteiger partial charge in [-0.2, -0.15) is 0 Å². The summed E-state index contributed by atoms with van der Waals surface area (Å²) in [6, 6.07) is 23.5. The smallest absolute Gasteiger partial charge is 0.408 e. The topological polar surface area (TPSA) is 128 Å². The molecule has 0 bridgehead atoms. The van der Waals surface area contributed by atoms with Crippen LogP contribution in [0.2, 0.25) is 0 Å². The van der Waals surface area contributed by atoms with Gasteiger partial charge in [0.05, 0.1) is 17.8 Å². The number of alkyl carbamates (subject to hydrolysis) is 1. The van der Waals surface area contributed by atoms with Crippen molar-refractivity contribution in [1.82, 2.24) is 10.6 Å². The monoisotopic (exact) mass is 538 g/mol. The minimum atomic E-state index is -3.70. The normalized spacial score (nSPS) is 12.6. The second-order valence-corrected chi connectivity index (χ2v) is 10.6. The maximum absolute atomic E-state index is 13.2. The molecule has 2 N–H and O–H groups in total. The van der Waals surface area contributed by atoms with Gasteiger partial charge in [0.15, 0.2) is 9.84 Å². The molecule has 0 saturated heterocycles. The first-order valence-corrected chi connectivity index (χ1v) is 13.6. The lowest BCUT2D eigenvalue weighted by Gasteiger charge is -2.22. The van der Waals surface area contributed by atoms with Gasteiger partial charge in [-0.25, -0.2) is 18.0 Å². The Hall–Kier alpha value is -4.18. The van der Waals surface area contributed by atoms with Gasteiger partial charge in [-0.3, -0.25) is 4.79 Å². The summed E-state index contributed by atoms with van der Waals surface area (Å²) < 4.78 is 35.5. The molecule has 0 saturated carbocycles. The van der Waals surface area contributed by atoms with Gasteiger partial charge in [0, 0.05) is 6.42 Å². The van der Waals surface area contributed by atoms with Crippen molar-refractivity contribution < 1.29 is 32.3 Å². The zero-order valence-corrected chi connectivity index (χ0v) is 21.7. The fraction of sp³-hybridized carbons (Fsp3) is 0.250. The second-order valence-electron chi connectivity index (χ2n) is 8.45. The number of carbonyl (C=O) groups excluding carboxylic acids is 3. The Bertz CT molecular complexity index is 1300. The molecule has 0 fully saturated rings. The Morgan fingerprint density at radius 2 is 1.32 bits per heavy atom. The van der Waals surface area contributed by atoms with Gasteiger partial charge >= 0.3 is 12.1 Å². The van der Waals surface area contributed by atoms with Crippen molar-refractivity contribution in [2.45, 2.75) is 36.4 Å². The van der Waals surface area contributed by atoms with E-state index in [0.717, 1.165) is 18.2 Å². The van der Waals surface area contributed by atoms with E-state index < -0.39 is 45.6 Å². The molecule has 0 radical (unpaired) electrons. The molecule has 0 heterocycles. The van der Waals surface area contributed by atoms with Crippen LogP contribution in [0.5, 0.6) is 0 Å². The summed E-state index contributed by atoms with van der Waals surface area (Å²) in [6.07, 6.45) is -0.915. The van der Waals surface area contributed by atoms with Crippen LogP contribution in [-0.2, 0) is 41.9 Å². The molecule has 38 heavy (non-hydrogen) atoms. The third-order valence-electron chi connectivity index (χ3n) is 5.68. The van der Waals surface area contributed by atoms with Crippen LogP contribution < -0.4 is 10.6 Å². The summed E-state index contributed by atoms with van der Waals surface area (Å²) in [4.78, 5) is 38.3. The molecule has 0 unspecified atom stereocenters. The van der Waals surface area contributed by atoms with Crippen LogP contribution in [0.4, 0.5) is 4.79 Å². The summed E-state index contributed by atoms with van der Waals surface area (Å²) in [6.45, 7) is 0.00841. The summed E-state index contributed by atoms with van der Waals surface area (Å²) in [5, 5.41) is 5.10. The molecule has 0 aliphatic carbocycles. The highest BCUT2D eigenvalue weighted by atomic mass is 32.2. The zero-order valence-electron chi connectivity index (χ0n) is 20.9. The molecule has 0 aliphatic heterocycles. The molecule has 9 nitrogen and oxygen atoms in total. The molecular weight excluding hydrogens is 508 g/mol. The third kappa shape index (κ3) is 8.74. The second kappa shape index (κ2) is 13.9. The Kier molecular flexibility index (Phi) is 10.4. The Morgan fingerprint density at radius 3 is 1.89 bits per heavy atom. The third-order valence-corrected chi connectivity index (χ3v) is 7.45. The van der Waals surface area contributed by atoms with Crippen molar-refractivity contribution in [2.75, 3.05) is 12.9 Å². The van der Waals surface area contributed by atoms with Crippen LogP contribution in [0.3, 0.4) is 0 Å². The summed E-state index contributed by atoms with van der Waals surface area (Å²) >= 11 is 0. The SMILES string of the molecule is COC(=O)[C@H](CCS(=O)(=O)c1ccccc1)NC(=O)[C@@H](Cc1ccccc1)NC(=O)OCc1ccccc1. The Balaban J connectivity index is 1.70. The average Bonchev–Trinajstić information content (AvgIpc) is 2.95. The first kappa shape index (κ1) is 28.4. The van der Waals surface area contributed by atoms with Crippen LogP contribution in [0.15, 0.2) is 95.9 Å². The standard InChI is InChI=1S/C28H30N2O7S/c1-36-27(32)24(17-18-38(34,35)23-15-9-4-10-16-23)29-26(31)25(19-21-11-5-2-6-12-21)30-28(33)37-20-22-13-7-3-8-14-22/h2-16,24-25H,17-20H2,1H3,(H,29,31)(H,30,33)/t24-,25+/m0/s1. The van der Waals surface area contributed by atoms with Crippen LogP contribution in [0.1, 0.15) is 17.5 Å². The van der Waals surface area contributed by atoms with Crippen LogP contribution in [-0.4, -0.2) is 51.3 Å². The van der Waals surface area contributed by atoms with Gasteiger partial charge in [0.1, 0.15) is 18.7 Å². The fourth-order valence-electron chi connectivity index (χ4n) is 3.65. The summed E-state index contributed by atoms with van der Waals surface area (Å²) in [5.74, 6) is -1.88. The van der Waals surface area contributed by atoms with Gasteiger partial charge in [0.25, 0.3) is 0 Å². The lowest BCUT2D eigenvalue weighted by atomic mass is 10.0. The Morgan fingerprint density at radius 1 is 0.763 bits per heavy atom. The molecule has 200 valence electrons. The molecule has 2 atom stereocenters. The van der Waals surface area contributed by atoms with Crippen LogP contribution >= 0.6 is 0 Å². The van der Waals surface area contributed by atoms with E-state index in [1.807, 2.05) is 24.3 Å². The lowest BCUT2D eigenvalue weighted by Crippen LogP contribution is -2.53. The van der Waals surface area contributed by atoms with E-state index >= 15 is 0 Å². The number of rotatable bonds is 12. The van der Waals surface area contributed by atoms with Crippen molar-refractivity contribution in [2.24, 2.45) is 0 Å². The van der Waals surface area contributed by atoms with E-state index in [4.69, 9.17) is 9.47 Å². The Labute approximate surface area is 222 Å². The highest BCUT2D eigenvalue weighted by Crippen LogP contribution is 2.13. The van der Waals surface area contributed by atoms with Crippen molar-refractivity contribution >= 4 is 27.8 Å². The van der Waals surface area contributed by atoms with Crippen molar-refractivity contribution in [3.05, 3.63) is 102 Å². The average molecular weight is 539 g/mol. The molecule has 0 spiro atoms. The number of amides is 2. The number of esters is 1. The highest BCUT2D eigenvalue weighted by molar-refractivity contribution is 7.91. The minimum Gasteiger partial charge on any atom is -0.467 e. The fourth-order valence-corrected chi connectivity index (χ4v) is 5.00.